The Balaban J connectivity index is 1.79. The quantitative estimate of drug-likeness (QED) is 0.806. The summed E-state index contributed by atoms with van der Waals surface area (Å²) in [6.45, 7) is 0.570. The van der Waals surface area contributed by atoms with Crippen LogP contribution in [-0.2, 0) is 19.1 Å². The fourth-order valence-electron chi connectivity index (χ4n) is 2.24. The van der Waals surface area contributed by atoms with E-state index in [4.69, 9.17) is 4.42 Å². The molecule has 0 radical (unpaired) electrons. The van der Waals surface area contributed by atoms with E-state index in [0.717, 1.165) is 24.3 Å². The summed E-state index contributed by atoms with van der Waals surface area (Å²) in [7, 11) is 1.54. The predicted molar refractivity (Wildman–Crippen MR) is 83.3 cm³/mol. The van der Waals surface area contributed by atoms with Crippen LogP contribution < -0.4 is 5.32 Å². The highest BCUT2D eigenvalue weighted by molar-refractivity contribution is 5.73. The number of furan rings is 1. The van der Waals surface area contributed by atoms with E-state index in [1.165, 1.54) is 11.0 Å². The van der Waals surface area contributed by atoms with Crippen molar-refractivity contribution in [2.45, 2.75) is 25.6 Å². The van der Waals surface area contributed by atoms with Crippen LogP contribution in [0.5, 0.6) is 0 Å². The lowest BCUT2D eigenvalue weighted by Crippen LogP contribution is -2.37. The van der Waals surface area contributed by atoms with Crippen LogP contribution >= 0.6 is 0 Å². The molecule has 0 saturated carbocycles. The van der Waals surface area contributed by atoms with Gasteiger partial charge in [0.15, 0.2) is 0 Å². The number of urea groups is 1. The number of nitrogens with one attached hydrogen (secondary N) is 1. The minimum absolute atomic E-state index is 0.105. The first-order valence-corrected chi connectivity index (χ1v) is 7.54. The molecule has 1 heterocycles. The normalized spacial score (nSPS) is 11.3. The molecule has 0 aliphatic heterocycles. The van der Waals surface area contributed by atoms with E-state index >= 15 is 0 Å². The van der Waals surface area contributed by atoms with Crippen molar-refractivity contribution in [1.29, 1.82) is 0 Å². The summed E-state index contributed by atoms with van der Waals surface area (Å²) in [5.41, 5.74) is -0.287. The molecular formula is C17H19F3N2O2. The van der Waals surface area contributed by atoms with Crippen molar-refractivity contribution < 1.29 is 22.4 Å². The van der Waals surface area contributed by atoms with Crippen molar-refractivity contribution in [1.82, 2.24) is 10.2 Å². The van der Waals surface area contributed by atoms with Gasteiger partial charge in [-0.1, -0.05) is 12.1 Å². The maximum Gasteiger partial charge on any atom is 0.416 e. The topological polar surface area (TPSA) is 45.5 Å². The Kier molecular flexibility index (Phi) is 5.89. The zero-order chi connectivity index (χ0) is 17.6. The second-order valence-corrected chi connectivity index (χ2v) is 5.47. The minimum Gasteiger partial charge on any atom is -0.469 e. The number of benzene rings is 1. The monoisotopic (exact) mass is 340 g/mol. The number of hydrogen-bond acceptors (Lipinski definition) is 2. The Morgan fingerprint density at radius 3 is 2.71 bits per heavy atom. The van der Waals surface area contributed by atoms with Gasteiger partial charge < -0.3 is 14.6 Å². The zero-order valence-corrected chi connectivity index (χ0v) is 13.3. The number of hydrogen-bond donors (Lipinski definition) is 1. The standard InChI is InChI=1S/C17H19F3N2O2/c1-22(12-13-5-2-6-14(11-13)17(18,19)20)16(23)21-9-3-7-15-8-4-10-24-15/h2,4-6,8,10-11H,3,7,9,12H2,1H3,(H,21,23). The van der Waals surface area contributed by atoms with Crippen molar-refractivity contribution in [2.24, 2.45) is 0 Å². The molecule has 0 saturated heterocycles. The lowest BCUT2D eigenvalue weighted by Gasteiger charge is -2.18. The Hall–Kier alpha value is -2.44. The van der Waals surface area contributed by atoms with Gasteiger partial charge in [0.1, 0.15) is 5.76 Å². The van der Waals surface area contributed by atoms with Crippen molar-refractivity contribution in [3.63, 3.8) is 0 Å². The summed E-state index contributed by atoms with van der Waals surface area (Å²) in [6, 6.07) is 8.31. The molecule has 1 aromatic carbocycles. The molecule has 1 N–H and O–H groups in total. The molecule has 4 nitrogen and oxygen atoms in total. The molecular weight excluding hydrogens is 321 g/mol. The first-order valence-electron chi connectivity index (χ1n) is 7.54. The fourth-order valence-corrected chi connectivity index (χ4v) is 2.24. The number of nitrogens with zero attached hydrogens (tertiary/aromatic N) is 1. The van der Waals surface area contributed by atoms with Crippen LogP contribution in [0, 0.1) is 0 Å². The molecule has 0 fully saturated rings. The Bertz CT molecular complexity index is 654. The molecule has 2 rings (SSSR count). The number of alkyl halides is 3. The van der Waals surface area contributed by atoms with Crippen LogP contribution in [-0.4, -0.2) is 24.5 Å². The Labute approximate surface area is 138 Å². The maximum atomic E-state index is 12.7. The fraction of sp³-hybridized carbons (Fsp3) is 0.353. The van der Waals surface area contributed by atoms with E-state index < -0.39 is 11.7 Å². The molecule has 24 heavy (non-hydrogen) atoms. The van der Waals surface area contributed by atoms with Crippen LogP contribution in [0.2, 0.25) is 0 Å². The van der Waals surface area contributed by atoms with Gasteiger partial charge in [-0.2, -0.15) is 13.2 Å². The van der Waals surface area contributed by atoms with Gasteiger partial charge in [-0.3, -0.25) is 0 Å². The van der Waals surface area contributed by atoms with Gasteiger partial charge in [0.05, 0.1) is 11.8 Å². The summed E-state index contributed by atoms with van der Waals surface area (Å²) in [6.07, 6.45) is -1.36. The molecule has 0 unspecified atom stereocenters. The molecule has 130 valence electrons. The van der Waals surface area contributed by atoms with E-state index in [9.17, 15) is 18.0 Å². The molecule has 2 aromatic rings. The second kappa shape index (κ2) is 7.90. The first-order chi connectivity index (χ1) is 11.4. The minimum atomic E-state index is -4.39. The second-order valence-electron chi connectivity index (χ2n) is 5.47. The third kappa shape index (κ3) is 5.33. The van der Waals surface area contributed by atoms with E-state index in [1.54, 1.807) is 25.4 Å². The number of rotatable bonds is 6. The van der Waals surface area contributed by atoms with Crippen LogP contribution in [0.25, 0.3) is 0 Å². The highest BCUT2D eigenvalue weighted by Crippen LogP contribution is 2.29. The van der Waals surface area contributed by atoms with Gasteiger partial charge in [0.25, 0.3) is 0 Å². The number of amides is 2. The molecule has 0 aliphatic rings. The van der Waals surface area contributed by atoms with E-state index in [2.05, 4.69) is 5.32 Å². The molecule has 1 aromatic heterocycles. The first kappa shape index (κ1) is 17.9. The highest BCUT2D eigenvalue weighted by Gasteiger charge is 2.30. The van der Waals surface area contributed by atoms with Gasteiger partial charge in [0, 0.05) is 26.6 Å². The summed E-state index contributed by atoms with van der Waals surface area (Å²) in [5.74, 6) is 0.849. The largest absolute Gasteiger partial charge is 0.469 e. The van der Waals surface area contributed by atoms with Crippen molar-refractivity contribution in [3.05, 3.63) is 59.5 Å². The van der Waals surface area contributed by atoms with E-state index in [1.807, 2.05) is 6.07 Å². The number of carbonyl (C=O) groups excluding carboxylic acids is 1. The molecule has 7 heteroatoms. The smallest absolute Gasteiger partial charge is 0.416 e. The lowest BCUT2D eigenvalue weighted by atomic mass is 10.1. The maximum absolute atomic E-state index is 12.7. The van der Waals surface area contributed by atoms with E-state index in [0.29, 0.717) is 18.5 Å². The average molecular weight is 340 g/mol. The van der Waals surface area contributed by atoms with Crippen molar-refractivity contribution >= 4 is 6.03 Å². The molecule has 0 aliphatic carbocycles. The zero-order valence-electron chi connectivity index (χ0n) is 13.3. The third-order valence-corrected chi connectivity index (χ3v) is 3.48. The van der Waals surface area contributed by atoms with Gasteiger partial charge >= 0.3 is 12.2 Å². The summed E-state index contributed by atoms with van der Waals surface area (Å²) < 4.78 is 43.2. The van der Waals surface area contributed by atoms with Crippen LogP contribution in [0.4, 0.5) is 18.0 Å². The Morgan fingerprint density at radius 1 is 1.25 bits per heavy atom. The lowest BCUT2D eigenvalue weighted by molar-refractivity contribution is -0.137. The number of halogens is 3. The van der Waals surface area contributed by atoms with Crippen molar-refractivity contribution in [3.8, 4) is 0 Å². The average Bonchev–Trinajstić information content (AvgIpc) is 3.04. The van der Waals surface area contributed by atoms with Crippen LogP contribution in [0.3, 0.4) is 0 Å². The SMILES string of the molecule is CN(Cc1cccc(C(F)(F)F)c1)C(=O)NCCCc1ccco1. The predicted octanol–water partition coefficient (Wildman–Crippen LogP) is 4.07. The molecule has 2 amide bonds. The van der Waals surface area contributed by atoms with Gasteiger partial charge in [-0.05, 0) is 36.2 Å². The molecule has 0 bridgehead atoms. The van der Waals surface area contributed by atoms with Gasteiger partial charge in [-0.25, -0.2) is 4.79 Å². The number of aryl methyl sites for hydroxylation is 1. The summed E-state index contributed by atoms with van der Waals surface area (Å²) in [4.78, 5) is 13.3. The van der Waals surface area contributed by atoms with Crippen molar-refractivity contribution in [2.75, 3.05) is 13.6 Å². The summed E-state index contributed by atoms with van der Waals surface area (Å²) in [5, 5.41) is 2.73. The Morgan fingerprint density at radius 2 is 2.04 bits per heavy atom. The van der Waals surface area contributed by atoms with Crippen LogP contribution in [0.1, 0.15) is 23.3 Å². The van der Waals surface area contributed by atoms with E-state index in [-0.39, 0.29) is 12.6 Å². The highest BCUT2D eigenvalue weighted by atomic mass is 19.4. The van der Waals surface area contributed by atoms with Gasteiger partial charge in [0.2, 0.25) is 0 Å². The van der Waals surface area contributed by atoms with Gasteiger partial charge in [-0.15, -0.1) is 0 Å². The van der Waals surface area contributed by atoms with Crippen LogP contribution in [0.15, 0.2) is 47.1 Å². The molecule has 0 spiro atoms. The number of carbonyl (C=O) groups is 1. The summed E-state index contributed by atoms with van der Waals surface area (Å²) >= 11 is 0. The third-order valence-electron chi connectivity index (χ3n) is 3.48. The molecule has 0 atom stereocenters.